The minimum atomic E-state index is -3.08. The smallest absolute Gasteiger partial charge is 0.283 e. The average Bonchev–Trinajstić information content (AvgIpc) is 2.83. The van der Waals surface area contributed by atoms with E-state index < -0.39 is 11.5 Å². The topological polar surface area (TPSA) is 82.9 Å². The predicted molar refractivity (Wildman–Crippen MR) is 128 cm³/mol. The van der Waals surface area contributed by atoms with Crippen LogP contribution in [0.4, 0.5) is 24.9 Å². The van der Waals surface area contributed by atoms with Crippen molar-refractivity contribution < 1.29 is 23.0 Å². The summed E-state index contributed by atoms with van der Waals surface area (Å²) in [5, 5.41) is 14.4. The van der Waals surface area contributed by atoms with E-state index in [1.165, 1.54) is 39.7 Å². The minimum absolute atomic E-state index is 0.0228. The van der Waals surface area contributed by atoms with Gasteiger partial charge in [-0.15, -0.1) is 0 Å². The van der Waals surface area contributed by atoms with Gasteiger partial charge in [0.2, 0.25) is 5.95 Å². The molecule has 178 valence electrons. The third-order valence-electron chi connectivity index (χ3n) is 5.08. The molecule has 1 unspecified atom stereocenters. The van der Waals surface area contributed by atoms with Gasteiger partial charge in [-0.1, -0.05) is 39.0 Å². The zero-order valence-corrected chi connectivity index (χ0v) is 19.6. The first-order valence-corrected chi connectivity index (χ1v) is 11.1. The van der Waals surface area contributed by atoms with Crippen LogP contribution in [-0.4, -0.2) is 47.6 Å². The van der Waals surface area contributed by atoms with E-state index in [1.54, 1.807) is 17.0 Å². The number of rotatable bonds is 6. The number of phenols is 1. The molecule has 0 aliphatic carbocycles. The van der Waals surface area contributed by atoms with Crippen molar-refractivity contribution in [3.05, 3.63) is 64.6 Å². The first-order chi connectivity index (χ1) is 16.2. The van der Waals surface area contributed by atoms with Crippen LogP contribution >= 0.6 is 20.8 Å². The molecule has 2 N–H and O–H groups in total. The first-order valence-electron chi connectivity index (χ1n) is 10.2. The van der Waals surface area contributed by atoms with Gasteiger partial charge >= 0.3 is 0 Å². The second-order valence-corrected chi connectivity index (χ2v) is 8.57. The van der Waals surface area contributed by atoms with Crippen molar-refractivity contribution in [3.8, 4) is 16.9 Å². The molecule has 2 aromatic carbocycles. The molecule has 4 rings (SSSR count). The Kier molecular flexibility index (Phi) is 7.21. The number of aromatic nitrogens is 2. The van der Waals surface area contributed by atoms with Gasteiger partial charge in [-0.2, -0.15) is 18.9 Å². The molecular weight excluding hydrogens is 490 g/mol. The fourth-order valence-corrected chi connectivity index (χ4v) is 3.77. The van der Waals surface area contributed by atoms with Gasteiger partial charge in [0.25, 0.3) is 5.66 Å². The Hall–Kier alpha value is -2.94. The van der Waals surface area contributed by atoms with Crippen LogP contribution in [0.3, 0.4) is 0 Å². The van der Waals surface area contributed by atoms with Crippen LogP contribution in [0.5, 0.6) is 5.75 Å². The molecule has 0 saturated carbocycles. The number of morpholine rings is 1. The Morgan fingerprint density at radius 1 is 1.21 bits per heavy atom. The second kappa shape index (κ2) is 10.1. The van der Waals surface area contributed by atoms with E-state index in [9.17, 15) is 18.3 Å². The molecular formula is C22H20ClF3N5O2P. The molecule has 0 radical (unpaired) electrons. The number of ether oxygens (including phenoxy) is 1. The highest BCUT2D eigenvalue weighted by molar-refractivity contribution is 7.17. The van der Waals surface area contributed by atoms with Gasteiger partial charge in [0.05, 0.1) is 30.6 Å². The number of nitrogens with zero attached hydrogens (tertiary/aromatic N) is 4. The number of anilines is 2. The quantitative estimate of drug-likeness (QED) is 0.281. The molecule has 3 aromatic rings. The van der Waals surface area contributed by atoms with E-state index in [-0.39, 0.29) is 33.7 Å². The number of nitrogens with one attached hydrogen (secondary N) is 1. The third kappa shape index (κ3) is 5.58. The van der Waals surface area contributed by atoms with Crippen molar-refractivity contribution >= 4 is 38.8 Å². The maximum Gasteiger partial charge on any atom is 0.283 e. The summed E-state index contributed by atoms with van der Waals surface area (Å²) in [5.74, 6) is -0.615. The largest absolute Gasteiger partial charge is 0.506 e. The summed E-state index contributed by atoms with van der Waals surface area (Å²) in [6.07, 6.45) is 2.32. The van der Waals surface area contributed by atoms with Crippen LogP contribution in [0.2, 0.25) is 5.02 Å². The number of alkyl halides is 2. The van der Waals surface area contributed by atoms with E-state index in [2.05, 4.69) is 20.5 Å². The lowest BCUT2D eigenvalue weighted by Gasteiger charge is -2.27. The van der Waals surface area contributed by atoms with E-state index in [4.69, 9.17) is 16.3 Å². The lowest BCUT2D eigenvalue weighted by molar-refractivity contribution is 0.104. The highest BCUT2D eigenvalue weighted by atomic mass is 35.5. The molecule has 1 aromatic heterocycles. The molecule has 34 heavy (non-hydrogen) atoms. The van der Waals surface area contributed by atoms with Gasteiger partial charge in [-0.25, -0.2) is 14.8 Å². The van der Waals surface area contributed by atoms with Gasteiger partial charge in [0, 0.05) is 24.2 Å². The number of benzene rings is 2. The Morgan fingerprint density at radius 3 is 2.71 bits per heavy atom. The number of hydrazone groups is 1. The maximum absolute atomic E-state index is 14.2. The van der Waals surface area contributed by atoms with Crippen molar-refractivity contribution in [1.82, 2.24) is 9.97 Å². The molecule has 0 amide bonds. The van der Waals surface area contributed by atoms with Gasteiger partial charge < -0.3 is 14.7 Å². The van der Waals surface area contributed by atoms with Crippen molar-refractivity contribution in [2.24, 2.45) is 5.10 Å². The molecule has 1 atom stereocenters. The molecule has 2 heterocycles. The Morgan fingerprint density at radius 2 is 1.97 bits per heavy atom. The molecule has 0 spiro atoms. The Labute approximate surface area is 200 Å². The zero-order chi connectivity index (χ0) is 24.3. The monoisotopic (exact) mass is 509 g/mol. The summed E-state index contributed by atoms with van der Waals surface area (Å²) in [6, 6.07) is 8.85. The first kappa shape index (κ1) is 24.2. The summed E-state index contributed by atoms with van der Waals surface area (Å²) >= 11 is 6.15. The SMILES string of the molecule is Oc1c(Cl)cc(-c2cccc(C(F)(F)P)c2)cc1/C=N\Nc1ncc(F)c(N2CCOCC2)n1. The van der Waals surface area contributed by atoms with E-state index in [0.29, 0.717) is 37.4 Å². The van der Waals surface area contributed by atoms with E-state index >= 15 is 0 Å². The average molecular weight is 510 g/mol. The van der Waals surface area contributed by atoms with Gasteiger partial charge in [0.15, 0.2) is 11.6 Å². The highest BCUT2D eigenvalue weighted by Gasteiger charge is 2.24. The Bertz CT molecular complexity index is 1220. The molecule has 1 aliphatic heterocycles. The molecule has 12 heteroatoms. The van der Waals surface area contributed by atoms with Crippen molar-refractivity contribution in [3.63, 3.8) is 0 Å². The number of aromatic hydroxyl groups is 1. The van der Waals surface area contributed by atoms with Crippen LogP contribution < -0.4 is 10.3 Å². The lowest BCUT2D eigenvalue weighted by atomic mass is 10.0. The molecule has 1 fully saturated rings. The molecule has 0 bridgehead atoms. The minimum Gasteiger partial charge on any atom is -0.506 e. The summed E-state index contributed by atoms with van der Waals surface area (Å²) in [4.78, 5) is 9.78. The van der Waals surface area contributed by atoms with Gasteiger partial charge in [0.1, 0.15) is 5.75 Å². The van der Waals surface area contributed by atoms with Crippen LogP contribution in [0, 0.1) is 5.82 Å². The van der Waals surface area contributed by atoms with Crippen LogP contribution in [0.15, 0.2) is 47.7 Å². The van der Waals surface area contributed by atoms with Crippen molar-refractivity contribution in [2.75, 3.05) is 36.6 Å². The number of halogens is 4. The fraction of sp³-hybridized carbons (Fsp3) is 0.227. The maximum atomic E-state index is 14.2. The Balaban J connectivity index is 1.57. The lowest BCUT2D eigenvalue weighted by Crippen LogP contribution is -2.37. The molecule has 7 nitrogen and oxygen atoms in total. The fourth-order valence-electron chi connectivity index (χ4n) is 3.36. The van der Waals surface area contributed by atoms with Gasteiger partial charge in [-0.05, 0) is 29.3 Å². The predicted octanol–water partition coefficient (Wildman–Crippen LogP) is 4.85. The molecule has 1 aliphatic rings. The van der Waals surface area contributed by atoms with Gasteiger partial charge in [-0.3, -0.25) is 0 Å². The normalized spacial score (nSPS) is 14.6. The third-order valence-corrected chi connectivity index (χ3v) is 5.70. The highest BCUT2D eigenvalue weighted by Crippen LogP contribution is 2.38. The van der Waals surface area contributed by atoms with E-state index in [1.807, 2.05) is 0 Å². The summed E-state index contributed by atoms with van der Waals surface area (Å²) in [7, 11) is 1.50. The zero-order valence-electron chi connectivity index (χ0n) is 17.7. The number of phenolic OH excluding ortho intramolecular Hbond substituents is 1. The van der Waals surface area contributed by atoms with Crippen LogP contribution in [0.1, 0.15) is 11.1 Å². The second-order valence-electron chi connectivity index (χ2n) is 7.43. The number of hydrogen-bond acceptors (Lipinski definition) is 7. The van der Waals surface area contributed by atoms with Crippen molar-refractivity contribution in [1.29, 1.82) is 0 Å². The molecule has 1 saturated heterocycles. The summed E-state index contributed by atoms with van der Waals surface area (Å²) in [5.41, 5.74) is 0.563. The number of hydrogen-bond donors (Lipinski definition) is 2. The summed E-state index contributed by atoms with van der Waals surface area (Å²) in [6.45, 7) is 1.94. The van der Waals surface area contributed by atoms with E-state index in [0.717, 1.165) is 6.20 Å². The standard InChI is InChI=1S/C22H20ClF3N5O2P/c23-17-10-14(13-2-1-3-16(9-13)22(25,26)34)8-15(19(17)32)11-28-30-21-27-12-18(24)20(29-21)31-4-6-33-7-5-31/h1-3,8-12,32H,4-7,34H2,(H,27,29,30)/b28-11-. The van der Waals surface area contributed by atoms with Crippen LogP contribution in [0.25, 0.3) is 11.1 Å². The van der Waals surface area contributed by atoms with Crippen molar-refractivity contribution in [2.45, 2.75) is 5.66 Å². The summed E-state index contributed by atoms with van der Waals surface area (Å²) < 4.78 is 46.8. The van der Waals surface area contributed by atoms with Crippen LogP contribution in [-0.2, 0) is 10.4 Å².